The Morgan fingerprint density at radius 2 is 1.12 bits per heavy atom. The van der Waals surface area contributed by atoms with Gasteiger partial charge in [0.1, 0.15) is 54.4 Å². The molecular weight excluding hydrogens is 1010 g/mol. The number of aliphatic carboxylic acids is 1. The fraction of sp³-hybridized carbons (Fsp3) is 0.733. The Balaban J connectivity index is 3.25. The first-order valence-corrected chi connectivity index (χ1v) is 25.6. The zero-order valence-electron chi connectivity index (χ0n) is 42.9. The largest absolute Gasteiger partial charge is 0.481 e. The number of rotatable bonds is 33. The minimum atomic E-state index is -1.62. The number of likely N-dealkylation sites (tertiary alicyclic amines) is 1. The third kappa shape index (κ3) is 22.8. The average Bonchev–Trinajstić information content (AvgIpc) is 3.81. The van der Waals surface area contributed by atoms with Gasteiger partial charge in [-0.15, -0.1) is 0 Å². The molecule has 0 aromatic rings. The number of carbonyl (C=O) groups excluding carboxylic acids is 11. The zero-order valence-corrected chi connectivity index (χ0v) is 44.7. The van der Waals surface area contributed by atoms with Crippen molar-refractivity contribution >= 4 is 96.2 Å². The van der Waals surface area contributed by atoms with Crippen LogP contribution in [0.2, 0.25) is 0 Å². The van der Waals surface area contributed by atoms with Gasteiger partial charge in [0.05, 0.1) is 18.8 Å². The average molecular weight is 1090 g/mol. The number of nitrogens with zero attached hydrogens (tertiary/aromatic N) is 1. The van der Waals surface area contributed by atoms with Crippen LogP contribution in [0.1, 0.15) is 99.8 Å². The summed E-state index contributed by atoms with van der Waals surface area (Å²) in [6, 6.07) is -12.3. The van der Waals surface area contributed by atoms with E-state index in [1.807, 2.05) is 0 Å². The van der Waals surface area contributed by atoms with Crippen molar-refractivity contribution in [3.63, 3.8) is 0 Å². The lowest BCUT2D eigenvalue weighted by Crippen LogP contribution is -2.62. The lowest BCUT2D eigenvalue weighted by molar-refractivity contribution is -0.143. The number of primary amides is 1. The predicted octanol–water partition coefficient (Wildman–Crippen LogP) is -5.21. The molecule has 0 aromatic carbocycles. The number of carboxylic acid groups (broad SMARTS) is 1. The molecule has 0 aromatic heterocycles. The van der Waals surface area contributed by atoms with Crippen molar-refractivity contribution in [2.45, 2.75) is 166 Å². The molecule has 420 valence electrons. The lowest BCUT2D eigenvalue weighted by Gasteiger charge is -2.31. The monoisotopic (exact) mass is 1090 g/mol. The summed E-state index contributed by atoms with van der Waals surface area (Å²) < 4.78 is 0. The highest BCUT2D eigenvalue weighted by Gasteiger charge is 2.40. The van der Waals surface area contributed by atoms with E-state index < -0.39 is 163 Å². The van der Waals surface area contributed by atoms with Crippen molar-refractivity contribution in [3.8, 4) is 0 Å². The van der Waals surface area contributed by atoms with Gasteiger partial charge in [0, 0.05) is 31.4 Å². The summed E-state index contributed by atoms with van der Waals surface area (Å²) in [5.74, 6) is -11.9. The topological polar surface area (TPSA) is 429 Å². The molecule has 1 fully saturated rings. The van der Waals surface area contributed by atoms with E-state index in [0.717, 1.165) is 11.8 Å². The van der Waals surface area contributed by atoms with Gasteiger partial charge >= 0.3 is 5.97 Å². The molecular formula is C45H78N12O15S2. The van der Waals surface area contributed by atoms with E-state index in [0.29, 0.717) is 19.3 Å². The fourth-order valence-electron chi connectivity index (χ4n) is 7.56. The molecule has 0 saturated carbocycles. The molecule has 1 heterocycles. The van der Waals surface area contributed by atoms with Crippen LogP contribution in [0.3, 0.4) is 0 Å². The van der Waals surface area contributed by atoms with Crippen LogP contribution in [-0.4, -0.2) is 189 Å². The second-order valence-corrected chi connectivity index (χ2v) is 19.5. The minimum absolute atomic E-state index is 0.00483. The van der Waals surface area contributed by atoms with Gasteiger partial charge in [0.25, 0.3) is 0 Å². The summed E-state index contributed by atoms with van der Waals surface area (Å²) in [5.41, 5.74) is 11.0. The normalized spacial score (nSPS) is 17.3. The molecule has 27 nitrogen and oxygen atoms in total. The number of carboxylic acids is 1. The summed E-state index contributed by atoms with van der Waals surface area (Å²) in [6.45, 7) is 9.76. The van der Waals surface area contributed by atoms with Gasteiger partial charge in [-0.25, -0.2) is 0 Å². The highest BCUT2D eigenvalue weighted by molar-refractivity contribution is 7.80. The fourth-order valence-corrected chi connectivity index (χ4v) is 8.09. The standard InChI is InChI=1S/C45H78N12O15S2/c1-21(2)17-28(39(66)55-35(23(5)58)43(70)53-29(19-73)37(47)64)52-38(65)26(11-8-9-15-46)50-32(61)18-48-41(68)31-12-10-16-57(31)45(72)27(13-14-33(62)63)51-42(69)34(22(3)4)54-44(71)36(24(6)59)56-40(67)30(20-74)49-25(7)60/h21-24,26-31,34-36,58-59,73-74H,8-20,46H2,1-7H3,(H2,47,64)(H,48,68)(H,49,60)(H,50,61)(H,51,69)(H,52,65)(H,53,70)(H,54,71)(H,55,66)(H,56,67)(H,62,63)/t23-,24-,26+,27+,28+,29+,30+,31-,34+,35+,36+/m1/s1. The smallest absolute Gasteiger partial charge is 0.303 e. The molecule has 11 amide bonds. The van der Waals surface area contributed by atoms with Gasteiger partial charge in [-0.1, -0.05) is 27.7 Å². The van der Waals surface area contributed by atoms with Crippen LogP contribution >= 0.6 is 25.3 Å². The number of aliphatic hydroxyl groups is 2. The second-order valence-electron chi connectivity index (χ2n) is 18.8. The minimum Gasteiger partial charge on any atom is -0.481 e. The number of hydrogen-bond acceptors (Lipinski definition) is 17. The molecule has 29 heteroatoms. The number of nitrogens with one attached hydrogen (secondary N) is 9. The molecule has 0 aliphatic carbocycles. The number of carbonyl (C=O) groups is 12. The first-order chi connectivity index (χ1) is 34.6. The van der Waals surface area contributed by atoms with Crippen molar-refractivity contribution in [1.29, 1.82) is 0 Å². The zero-order chi connectivity index (χ0) is 56.6. The Labute approximate surface area is 441 Å². The van der Waals surface area contributed by atoms with E-state index in [1.165, 1.54) is 13.8 Å². The Morgan fingerprint density at radius 1 is 0.622 bits per heavy atom. The highest BCUT2D eigenvalue weighted by atomic mass is 32.1. The van der Waals surface area contributed by atoms with Crippen LogP contribution in [0.25, 0.3) is 0 Å². The van der Waals surface area contributed by atoms with E-state index >= 15 is 0 Å². The maximum absolute atomic E-state index is 14.1. The maximum Gasteiger partial charge on any atom is 0.303 e. The van der Waals surface area contributed by atoms with Gasteiger partial charge in [-0.3, -0.25) is 57.5 Å². The molecule has 0 unspecified atom stereocenters. The van der Waals surface area contributed by atoms with Crippen LogP contribution in [0.4, 0.5) is 0 Å². The van der Waals surface area contributed by atoms with Gasteiger partial charge in [-0.05, 0) is 77.2 Å². The Kier molecular flexibility index (Phi) is 29.7. The third-order valence-corrected chi connectivity index (χ3v) is 12.3. The van der Waals surface area contributed by atoms with Crippen LogP contribution in [-0.2, 0) is 57.5 Å². The van der Waals surface area contributed by atoms with Crippen molar-refractivity contribution in [2.75, 3.05) is 31.1 Å². The molecule has 0 spiro atoms. The Bertz CT molecular complexity index is 1980. The number of unbranched alkanes of at least 4 members (excludes halogenated alkanes) is 1. The SMILES string of the molecule is CC(=O)N[C@@H](CS)C(=O)N[C@H](C(=O)N[C@H](C(=O)N[C@@H](CCC(=O)O)C(=O)N1CCC[C@@H]1C(=O)NCC(=O)N[C@@H](CCCCN)C(=O)N[C@@H](CC(C)C)C(=O)N[C@H](C(=O)N[C@@H](CS)C(N)=O)[C@@H](C)O)C(C)C)[C@@H](C)O. The molecule has 1 aliphatic heterocycles. The van der Waals surface area contributed by atoms with E-state index in [-0.39, 0.29) is 49.8 Å². The molecule has 0 radical (unpaired) electrons. The van der Waals surface area contributed by atoms with Gasteiger partial charge in [0.15, 0.2) is 0 Å². The summed E-state index contributed by atoms with van der Waals surface area (Å²) in [6.07, 6.45) is -2.72. The number of nitrogens with two attached hydrogens (primary N) is 2. The van der Waals surface area contributed by atoms with Gasteiger partial charge < -0.3 is 79.5 Å². The second kappa shape index (κ2) is 33.2. The summed E-state index contributed by atoms with van der Waals surface area (Å²) in [4.78, 5) is 158. The molecule has 1 saturated heterocycles. The van der Waals surface area contributed by atoms with Gasteiger partial charge in [-0.2, -0.15) is 25.3 Å². The first-order valence-electron chi connectivity index (χ1n) is 24.4. The van der Waals surface area contributed by atoms with E-state index in [4.69, 9.17) is 11.5 Å². The van der Waals surface area contributed by atoms with Crippen molar-refractivity contribution in [2.24, 2.45) is 23.3 Å². The Morgan fingerprint density at radius 3 is 1.61 bits per heavy atom. The van der Waals surface area contributed by atoms with Crippen molar-refractivity contribution in [1.82, 2.24) is 52.8 Å². The van der Waals surface area contributed by atoms with Gasteiger partial charge in [0.2, 0.25) is 65.0 Å². The number of aliphatic hydroxyl groups excluding tert-OH is 2. The molecule has 16 N–H and O–H groups in total. The Hall–Kier alpha value is -5.78. The molecule has 11 atom stereocenters. The van der Waals surface area contributed by atoms with Crippen molar-refractivity contribution in [3.05, 3.63) is 0 Å². The maximum atomic E-state index is 14.1. The molecule has 1 rings (SSSR count). The van der Waals surface area contributed by atoms with E-state index in [9.17, 15) is 72.9 Å². The summed E-state index contributed by atoms with van der Waals surface area (Å²) in [5, 5.41) is 52.2. The first kappa shape index (κ1) is 66.2. The lowest BCUT2D eigenvalue weighted by atomic mass is 10.0. The predicted molar refractivity (Wildman–Crippen MR) is 273 cm³/mol. The molecule has 74 heavy (non-hydrogen) atoms. The number of thiol groups is 2. The van der Waals surface area contributed by atoms with E-state index in [2.05, 4.69) is 73.1 Å². The van der Waals surface area contributed by atoms with Crippen LogP contribution < -0.4 is 59.3 Å². The van der Waals surface area contributed by atoms with E-state index in [1.54, 1.807) is 27.7 Å². The summed E-state index contributed by atoms with van der Waals surface area (Å²) >= 11 is 8.02. The highest BCUT2D eigenvalue weighted by Crippen LogP contribution is 2.20. The number of amides is 11. The van der Waals surface area contributed by atoms with Crippen LogP contribution in [0.5, 0.6) is 0 Å². The molecule has 1 aliphatic rings. The summed E-state index contributed by atoms with van der Waals surface area (Å²) in [7, 11) is 0. The van der Waals surface area contributed by atoms with Crippen molar-refractivity contribution < 1.29 is 72.9 Å². The quantitative estimate of drug-likeness (QED) is 0.0216. The molecule has 0 bridgehead atoms. The van der Waals surface area contributed by atoms with Crippen LogP contribution in [0, 0.1) is 11.8 Å². The third-order valence-electron chi connectivity index (χ3n) is 11.6. The number of hydrogen-bond donors (Lipinski definition) is 16. The van der Waals surface area contributed by atoms with Crippen LogP contribution in [0.15, 0.2) is 0 Å².